The molecule has 1 unspecified atom stereocenters. The lowest BCUT2D eigenvalue weighted by atomic mass is 10.3. The summed E-state index contributed by atoms with van der Waals surface area (Å²) in [4.78, 5) is 6.09. The van der Waals surface area contributed by atoms with E-state index in [-0.39, 0.29) is 16.5 Å². The second kappa shape index (κ2) is 9.66. The van der Waals surface area contributed by atoms with E-state index in [9.17, 15) is 30.9 Å². The zero-order valence-electron chi connectivity index (χ0n) is 14.8. The zero-order valence-corrected chi connectivity index (χ0v) is 16.4. The Morgan fingerprint density at radius 1 is 1.03 bits per heavy atom. The van der Waals surface area contributed by atoms with Crippen molar-refractivity contribution in [1.82, 2.24) is 9.97 Å². The van der Waals surface area contributed by atoms with Gasteiger partial charge < -0.3 is 18.8 Å². The number of alkyl halides is 6. The number of hydrogen-bond acceptors (Lipinski definition) is 7. The first kappa shape index (κ1) is 24.0. The number of methoxy groups -OCH3 is 1. The molecule has 1 atom stereocenters. The van der Waals surface area contributed by atoms with Crippen LogP contribution in [0.1, 0.15) is 0 Å². The molecule has 15 heteroatoms. The van der Waals surface area contributed by atoms with Crippen LogP contribution in [0.3, 0.4) is 0 Å². The fraction of sp³-hybridized carbons (Fsp3) is 0.333. The zero-order chi connectivity index (χ0) is 22.5. The van der Waals surface area contributed by atoms with Crippen LogP contribution < -0.4 is 18.9 Å². The molecular weight excluding hydrogens is 468 g/mol. The van der Waals surface area contributed by atoms with E-state index in [0.29, 0.717) is 6.33 Å². The van der Waals surface area contributed by atoms with Crippen LogP contribution in [0, 0.1) is 0 Å². The molecule has 0 fully saturated rings. The third-order valence-electron chi connectivity index (χ3n) is 3.03. The van der Waals surface area contributed by atoms with Gasteiger partial charge in [-0.2, -0.15) is 36.3 Å². The topological polar surface area (TPSA) is 88.6 Å². The van der Waals surface area contributed by atoms with Crippen molar-refractivity contribution >= 4 is 28.7 Å². The van der Waals surface area contributed by atoms with Gasteiger partial charge in [-0.1, -0.05) is 11.6 Å². The van der Waals surface area contributed by atoms with Crippen molar-refractivity contribution in [3.05, 3.63) is 29.5 Å². The molecule has 0 aliphatic carbocycles. The lowest BCUT2D eigenvalue weighted by molar-refractivity contribution is -0.155. The van der Waals surface area contributed by atoms with E-state index in [2.05, 4.69) is 24.2 Å². The second-order valence-electron chi connectivity index (χ2n) is 5.34. The van der Waals surface area contributed by atoms with Gasteiger partial charge in [0.05, 0.1) is 17.8 Å². The van der Waals surface area contributed by atoms with Gasteiger partial charge >= 0.3 is 17.2 Å². The summed E-state index contributed by atoms with van der Waals surface area (Å²) < 4.78 is 104. The monoisotopic (exact) mass is 479 g/mol. The van der Waals surface area contributed by atoms with E-state index in [1.807, 2.05) is 0 Å². The van der Waals surface area contributed by atoms with Crippen LogP contribution in [0.2, 0.25) is 5.02 Å². The molecule has 1 heterocycles. The number of benzene rings is 1. The predicted molar refractivity (Wildman–Crippen MR) is 93.2 cm³/mol. The van der Waals surface area contributed by atoms with Crippen molar-refractivity contribution in [2.75, 3.05) is 25.0 Å². The van der Waals surface area contributed by atoms with E-state index in [4.69, 9.17) is 16.3 Å². The van der Waals surface area contributed by atoms with Gasteiger partial charge in [-0.3, -0.25) is 0 Å². The molecule has 2 aromatic rings. The van der Waals surface area contributed by atoms with E-state index in [1.54, 1.807) is 0 Å². The van der Waals surface area contributed by atoms with Crippen molar-refractivity contribution in [3.8, 4) is 17.5 Å². The molecule has 1 N–H and O–H groups in total. The summed E-state index contributed by atoms with van der Waals surface area (Å²) in [6.07, 6.45) is -8.95. The lowest BCUT2D eigenvalue weighted by Gasteiger charge is -2.18. The third-order valence-corrected chi connectivity index (χ3v) is 4.47. The van der Waals surface area contributed by atoms with Crippen LogP contribution in [0.25, 0.3) is 0 Å². The number of aromatic nitrogens is 2. The van der Waals surface area contributed by atoms with Crippen molar-refractivity contribution in [1.29, 1.82) is 0 Å². The summed E-state index contributed by atoms with van der Waals surface area (Å²) in [6.45, 7) is -3.66. The van der Waals surface area contributed by atoms with Gasteiger partial charge in [-0.05, 0) is 18.2 Å². The second-order valence-corrected chi connectivity index (χ2v) is 6.90. The summed E-state index contributed by atoms with van der Waals surface area (Å²) in [5, 5.41) is 0.103. The first-order valence-electron chi connectivity index (χ1n) is 7.65. The number of halogens is 7. The predicted octanol–water partition coefficient (Wildman–Crippen LogP) is 4.16. The van der Waals surface area contributed by atoms with Gasteiger partial charge in [0.2, 0.25) is 0 Å². The Hall–Kier alpha value is -2.32. The minimum absolute atomic E-state index is 0.103. The minimum atomic E-state index is -4.78. The molecular formula is C15H12ClF6N3O4S. The number of rotatable bonds is 8. The van der Waals surface area contributed by atoms with Crippen molar-refractivity contribution in [3.63, 3.8) is 0 Å². The summed E-state index contributed by atoms with van der Waals surface area (Å²) in [5.74, 6) is -1.46. The average Bonchev–Trinajstić information content (AvgIpc) is 2.63. The molecule has 0 bridgehead atoms. The maximum absolute atomic E-state index is 12.7. The molecule has 7 nitrogen and oxygen atoms in total. The van der Waals surface area contributed by atoms with Crippen LogP contribution in [0.15, 0.2) is 29.4 Å². The van der Waals surface area contributed by atoms with Gasteiger partial charge in [0.15, 0.2) is 13.2 Å². The maximum Gasteiger partial charge on any atom is 0.422 e. The van der Waals surface area contributed by atoms with E-state index in [0.717, 1.165) is 0 Å². The quantitative estimate of drug-likeness (QED) is 0.449. The first-order valence-corrected chi connectivity index (χ1v) is 9.18. The molecule has 30 heavy (non-hydrogen) atoms. The van der Waals surface area contributed by atoms with Gasteiger partial charge in [0.25, 0.3) is 11.8 Å². The summed E-state index contributed by atoms with van der Waals surface area (Å²) in [6, 6.07) is 4.03. The maximum atomic E-state index is 12.7. The highest BCUT2D eigenvalue weighted by Crippen LogP contribution is 2.34. The van der Waals surface area contributed by atoms with Gasteiger partial charge in [-0.15, -0.1) is 0 Å². The Morgan fingerprint density at radius 2 is 1.57 bits per heavy atom. The molecule has 0 radical (unpaired) electrons. The summed E-state index contributed by atoms with van der Waals surface area (Å²) >= 11 is 3.44. The molecule has 2 rings (SSSR count). The Kier molecular flexibility index (Phi) is 7.71. The Balaban J connectivity index is 2.35. The molecule has 0 spiro atoms. The molecule has 0 saturated heterocycles. The van der Waals surface area contributed by atoms with Crippen LogP contribution in [0.4, 0.5) is 32.0 Å². The van der Waals surface area contributed by atoms with E-state index < -0.39 is 53.6 Å². The highest BCUT2D eigenvalue weighted by atomic mass is 35.5. The summed E-state index contributed by atoms with van der Waals surface area (Å²) in [7, 11) is 1.35. The van der Waals surface area contributed by atoms with Crippen LogP contribution >= 0.6 is 11.6 Å². The highest BCUT2D eigenvalue weighted by Gasteiger charge is 2.35. The fourth-order valence-corrected chi connectivity index (χ4v) is 3.14. The number of ether oxygens (including phenoxy) is 3. The number of nitrogens with zero attached hydrogens (tertiary/aromatic N) is 2. The number of anilines is 1. The van der Waals surface area contributed by atoms with Crippen LogP contribution in [-0.2, 0) is 11.4 Å². The highest BCUT2D eigenvalue weighted by molar-refractivity contribution is 7.93. The summed E-state index contributed by atoms with van der Waals surface area (Å²) in [5.41, 5.74) is 0.103. The molecule has 0 aliphatic heterocycles. The van der Waals surface area contributed by atoms with Gasteiger partial charge in [0, 0.05) is 0 Å². The van der Waals surface area contributed by atoms with Crippen LogP contribution in [-0.4, -0.2) is 47.2 Å². The number of hydrogen-bond donors (Lipinski definition) is 1. The standard InChI is InChI=1S/C15H12ClF6N3O4S/c1-27-10-3-2-8(4-9(10)16)25-30(26)11-12(28-5-14(17,18)19)23-7-24-13(11)29-6-15(20,21)22/h2-4,7,25H,5-6H2,1H3. The molecule has 1 aromatic carbocycles. The molecule has 1 aromatic heterocycles. The largest absolute Gasteiger partial charge is 0.588 e. The van der Waals surface area contributed by atoms with Crippen molar-refractivity contribution < 1.29 is 45.1 Å². The van der Waals surface area contributed by atoms with E-state index >= 15 is 0 Å². The van der Waals surface area contributed by atoms with Gasteiger partial charge in [-0.25, -0.2) is 4.72 Å². The normalized spacial score (nSPS) is 13.0. The SMILES string of the molecule is COc1ccc(N[S+]([O-])c2c(OCC(F)(F)F)ncnc2OCC(F)(F)F)cc1Cl. The van der Waals surface area contributed by atoms with E-state index in [1.165, 1.54) is 25.3 Å². The fourth-order valence-electron chi connectivity index (χ4n) is 1.90. The Labute approximate surface area is 173 Å². The first-order chi connectivity index (χ1) is 13.9. The average molecular weight is 480 g/mol. The lowest BCUT2D eigenvalue weighted by Crippen LogP contribution is -2.24. The van der Waals surface area contributed by atoms with Crippen molar-refractivity contribution in [2.24, 2.45) is 0 Å². The molecule has 0 amide bonds. The van der Waals surface area contributed by atoms with Crippen molar-refractivity contribution in [2.45, 2.75) is 17.2 Å². The Morgan fingerprint density at radius 3 is 2.00 bits per heavy atom. The smallest absolute Gasteiger partial charge is 0.422 e. The molecule has 0 saturated carbocycles. The van der Waals surface area contributed by atoms with Gasteiger partial charge in [0.1, 0.15) is 23.4 Å². The molecule has 166 valence electrons. The van der Waals surface area contributed by atoms with Crippen LogP contribution in [0.5, 0.6) is 17.5 Å². The third kappa shape index (κ3) is 7.18. The minimum Gasteiger partial charge on any atom is -0.588 e. The Bertz CT molecular complexity index is 835. The molecule has 0 aliphatic rings. The number of nitrogens with one attached hydrogen (secondary N) is 1.